The monoisotopic (exact) mass is 270 g/mol. The van der Waals surface area contributed by atoms with E-state index in [0.717, 1.165) is 16.2 Å². The van der Waals surface area contributed by atoms with Crippen LogP contribution in [0.2, 0.25) is 0 Å². The Hall–Kier alpha value is -1.52. The van der Waals surface area contributed by atoms with E-state index in [0.29, 0.717) is 0 Å². The second-order valence-corrected chi connectivity index (χ2v) is 6.38. The Morgan fingerprint density at radius 2 is 1.45 bits per heavy atom. The van der Waals surface area contributed by atoms with Gasteiger partial charge in [-0.25, -0.2) is 0 Å². The second kappa shape index (κ2) is 4.24. The van der Waals surface area contributed by atoms with Crippen LogP contribution in [0.4, 0.5) is 0 Å². The molecule has 3 rings (SSSR count). The van der Waals surface area contributed by atoms with Gasteiger partial charge in [-0.1, -0.05) is 24.3 Å². The Balaban J connectivity index is 2.00. The molecule has 0 bridgehead atoms. The van der Waals surface area contributed by atoms with Gasteiger partial charge in [0.2, 0.25) is 0 Å². The third-order valence-electron chi connectivity index (χ3n) is 4.37. The lowest BCUT2D eigenvalue weighted by Gasteiger charge is -2.32. The molecule has 1 saturated heterocycles. The summed E-state index contributed by atoms with van der Waals surface area (Å²) >= 11 is 0. The number of fused-ring (bicyclic) bond motifs is 1. The molecule has 0 spiro atoms. The van der Waals surface area contributed by atoms with E-state index in [-0.39, 0.29) is 24.1 Å². The van der Waals surface area contributed by atoms with Crippen molar-refractivity contribution in [3.8, 4) is 5.75 Å². The van der Waals surface area contributed by atoms with E-state index < -0.39 is 0 Å². The van der Waals surface area contributed by atoms with Gasteiger partial charge in [-0.15, -0.1) is 0 Å². The van der Waals surface area contributed by atoms with Crippen LogP contribution in [0.25, 0.3) is 10.8 Å². The fraction of sp³-hybridized carbons (Fsp3) is 0.375. The van der Waals surface area contributed by atoms with Crippen molar-refractivity contribution < 1.29 is 14.4 Å². The minimum atomic E-state index is -0.369. The first kappa shape index (κ1) is 13.5. The van der Waals surface area contributed by atoms with Gasteiger partial charge in [0, 0.05) is 0 Å². The van der Waals surface area contributed by atoms with Crippen molar-refractivity contribution >= 4 is 23.4 Å². The first-order chi connectivity index (χ1) is 9.28. The van der Waals surface area contributed by atoms with Gasteiger partial charge in [0.05, 0.1) is 11.2 Å². The summed E-state index contributed by atoms with van der Waals surface area (Å²) in [4.78, 5) is 0. The summed E-state index contributed by atoms with van der Waals surface area (Å²) in [7, 11) is -0.369. The van der Waals surface area contributed by atoms with Gasteiger partial charge >= 0.3 is 7.12 Å². The number of benzene rings is 2. The van der Waals surface area contributed by atoms with E-state index in [9.17, 15) is 5.11 Å². The molecule has 1 fully saturated rings. The van der Waals surface area contributed by atoms with Crippen LogP contribution in [0.3, 0.4) is 0 Å². The van der Waals surface area contributed by atoms with Crippen molar-refractivity contribution in [2.24, 2.45) is 0 Å². The molecular weight excluding hydrogens is 251 g/mol. The predicted molar refractivity (Wildman–Crippen MR) is 81.3 cm³/mol. The van der Waals surface area contributed by atoms with E-state index in [1.165, 1.54) is 0 Å². The molecule has 0 aliphatic carbocycles. The molecule has 0 atom stereocenters. The minimum Gasteiger partial charge on any atom is -0.508 e. The Morgan fingerprint density at radius 1 is 0.850 bits per heavy atom. The Morgan fingerprint density at radius 3 is 2.10 bits per heavy atom. The summed E-state index contributed by atoms with van der Waals surface area (Å²) in [6, 6.07) is 11.4. The Kier molecular flexibility index (Phi) is 2.85. The summed E-state index contributed by atoms with van der Waals surface area (Å²) in [5.41, 5.74) is 0.290. The summed E-state index contributed by atoms with van der Waals surface area (Å²) in [5.74, 6) is 0.267. The smallest absolute Gasteiger partial charge is 0.494 e. The molecule has 104 valence electrons. The summed E-state index contributed by atoms with van der Waals surface area (Å²) in [6.45, 7) is 8.17. The van der Waals surface area contributed by atoms with Crippen LogP contribution in [0.15, 0.2) is 36.4 Å². The van der Waals surface area contributed by atoms with E-state index in [2.05, 4.69) is 0 Å². The van der Waals surface area contributed by atoms with Crippen LogP contribution in [0.5, 0.6) is 5.75 Å². The van der Waals surface area contributed by atoms with Gasteiger partial charge < -0.3 is 14.4 Å². The van der Waals surface area contributed by atoms with E-state index in [1.54, 1.807) is 12.1 Å². The van der Waals surface area contributed by atoms with Gasteiger partial charge in [0.15, 0.2) is 0 Å². The Labute approximate surface area is 119 Å². The van der Waals surface area contributed by atoms with E-state index >= 15 is 0 Å². The van der Waals surface area contributed by atoms with Crippen molar-refractivity contribution in [3.05, 3.63) is 36.4 Å². The third-order valence-corrected chi connectivity index (χ3v) is 4.37. The van der Waals surface area contributed by atoms with Gasteiger partial charge in [-0.2, -0.15) is 0 Å². The highest BCUT2D eigenvalue weighted by Gasteiger charge is 2.51. The molecule has 0 saturated carbocycles. The Bertz CT molecular complexity index is 648. The first-order valence-corrected chi connectivity index (χ1v) is 6.87. The molecule has 2 aromatic rings. The van der Waals surface area contributed by atoms with Gasteiger partial charge in [-0.3, -0.25) is 0 Å². The highest BCUT2D eigenvalue weighted by Crippen LogP contribution is 2.36. The molecule has 0 aromatic heterocycles. The second-order valence-electron chi connectivity index (χ2n) is 6.38. The van der Waals surface area contributed by atoms with Crippen LogP contribution in [0.1, 0.15) is 27.7 Å². The minimum absolute atomic E-state index is 0.267. The number of hydrogen-bond acceptors (Lipinski definition) is 3. The molecule has 20 heavy (non-hydrogen) atoms. The summed E-state index contributed by atoms with van der Waals surface area (Å²) in [6.07, 6.45) is 0. The fourth-order valence-corrected chi connectivity index (χ4v) is 2.38. The number of phenols is 1. The van der Waals surface area contributed by atoms with Crippen LogP contribution in [-0.2, 0) is 9.31 Å². The SMILES string of the molecule is CC1(C)OB(c2ccc3ccc(O)cc3c2)OC1(C)C. The molecule has 2 aromatic carbocycles. The van der Waals surface area contributed by atoms with Crippen molar-refractivity contribution in [1.29, 1.82) is 0 Å². The molecule has 3 nitrogen and oxygen atoms in total. The lowest BCUT2D eigenvalue weighted by atomic mass is 9.78. The maximum Gasteiger partial charge on any atom is 0.494 e. The van der Waals surface area contributed by atoms with Crippen LogP contribution < -0.4 is 5.46 Å². The molecule has 1 N–H and O–H groups in total. The highest BCUT2D eigenvalue weighted by atomic mass is 16.7. The molecule has 1 aliphatic rings. The molecule has 0 amide bonds. The largest absolute Gasteiger partial charge is 0.508 e. The number of aromatic hydroxyl groups is 1. The average molecular weight is 270 g/mol. The van der Waals surface area contributed by atoms with Crippen LogP contribution >= 0.6 is 0 Å². The standard InChI is InChI=1S/C16H19BO3/c1-15(2)16(3,4)20-17(19-15)13-7-5-11-6-8-14(18)10-12(11)9-13/h5-10,18H,1-4H3. The zero-order chi connectivity index (χ0) is 14.5. The van der Waals surface area contributed by atoms with Gasteiger partial charge in [-0.05, 0) is 56.1 Å². The number of phenolic OH excluding ortho intramolecular Hbond substituents is 1. The fourth-order valence-electron chi connectivity index (χ4n) is 2.38. The maximum absolute atomic E-state index is 9.59. The molecule has 0 radical (unpaired) electrons. The molecular formula is C16H19BO3. The molecule has 0 unspecified atom stereocenters. The molecule has 1 heterocycles. The lowest BCUT2D eigenvalue weighted by Crippen LogP contribution is -2.41. The zero-order valence-corrected chi connectivity index (χ0v) is 12.3. The predicted octanol–water partition coefficient (Wildman–Crippen LogP) is 2.84. The van der Waals surface area contributed by atoms with E-state index in [1.807, 2.05) is 52.0 Å². The molecule has 4 heteroatoms. The van der Waals surface area contributed by atoms with Gasteiger partial charge in [0.1, 0.15) is 5.75 Å². The zero-order valence-electron chi connectivity index (χ0n) is 12.3. The highest BCUT2D eigenvalue weighted by molar-refractivity contribution is 6.62. The topological polar surface area (TPSA) is 38.7 Å². The quantitative estimate of drug-likeness (QED) is 0.810. The van der Waals surface area contributed by atoms with E-state index in [4.69, 9.17) is 9.31 Å². The van der Waals surface area contributed by atoms with Crippen molar-refractivity contribution in [3.63, 3.8) is 0 Å². The lowest BCUT2D eigenvalue weighted by molar-refractivity contribution is 0.00578. The number of hydrogen-bond donors (Lipinski definition) is 1. The van der Waals surface area contributed by atoms with Crippen molar-refractivity contribution in [2.75, 3.05) is 0 Å². The summed E-state index contributed by atoms with van der Waals surface area (Å²) in [5, 5.41) is 11.7. The third kappa shape index (κ3) is 2.09. The van der Waals surface area contributed by atoms with Crippen molar-refractivity contribution in [1.82, 2.24) is 0 Å². The normalized spacial score (nSPS) is 20.5. The van der Waals surface area contributed by atoms with Crippen LogP contribution in [-0.4, -0.2) is 23.4 Å². The first-order valence-electron chi connectivity index (χ1n) is 6.87. The van der Waals surface area contributed by atoms with Crippen molar-refractivity contribution in [2.45, 2.75) is 38.9 Å². The van der Waals surface area contributed by atoms with Gasteiger partial charge in [0.25, 0.3) is 0 Å². The molecule has 1 aliphatic heterocycles. The van der Waals surface area contributed by atoms with Crippen LogP contribution in [0, 0.1) is 0 Å². The number of rotatable bonds is 1. The average Bonchev–Trinajstić information content (AvgIpc) is 2.57. The summed E-state index contributed by atoms with van der Waals surface area (Å²) < 4.78 is 12.1. The maximum atomic E-state index is 9.59.